The molecule has 0 saturated heterocycles. The van der Waals surface area contributed by atoms with E-state index >= 15 is 0 Å². The van der Waals surface area contributed by atoms with Crippen LogP contribution in [-0.4, -0.2) is 16.9 Å². The van der Waals surface area contributed by atoms with E-state index in [9.17, 15) is 23.5 Å². The van der Waals surface area contributed by atoms with Crippen molar-refractivity contribution in [3.05, 3.63) is 11.6 Å². The Bertz CT molecular complexity index is 680. The standard InChI is InChI=1S/C21H28F3NO/c1-18-11-13(12-25)3-4-14(18)5-6-15-16(18)7-9-19(2)17(15)8-10-20(19,26)21(22,23)24/h3,14-17,26H,4-11H2,1-2H3/t14-,15-,16+,17+,18+,19+,20+/m1/s1. The van der Waals surface area contributed by atoms with Crippen molar-refractivity contribution in [2.75, 3.05) is 0 Å². The molecule has 1 N–H and O–H groups in total. The fourth-order valence-corrected chi connectivity index (χ4v) is 7.53. The van der Waals surface area contributed by atoms with Gasteiger partial charge in [0.1, 0.15) is 0 Å². The molecule has 7 atom stereocenters. The van der Waals surface area contributed by atoms with Crippen LogP contribution in [0.4, 0.5) is 13.2 Å². The Labute approximate surface area is 153 Å². The third-order valence-electron chi connectivity index (χ3n) is 9.05. The molecule has 0 aromatic rings. The van der Waals surface area contributed by atoms with Crippen molar-refractivity contribution < 1.29 is 18.3 Å². The molecule has 0 aliphatic heterocycles. The second-order valence-electron chi connectivity index (χ2n) is 9.76. The van der Waals surface area contributed by atoms with Crippen molar-refractivity contribution >= 4 is 0 Å². The van der Waals surface area contributed by atoms with Gasteiger partial charge in [-0.05, 0) is 80.5 Å². The second-order valence-corrected chi connectivity index (χ2v) is 9.76. The summed E-state index contributed by atoms with van der Waals surface area (Å²) in [6.07, 6.45) is 2.67. The van der Waals surface area contributed by atoms with Crippen molar-refractivity contribution in [2.45, 2.75) is 77.0 Å². The highest BCUT2D eigenvalue weighted by molar-refractivity contribution is 5.27. The van der Waals surface area contributed by atoms with Crippen molar-refractivity contribution in [3.63, 3.8) is 0 Å². The number of hydrogen-bond acceptors (Lipinski definition) is 2. The van der Waals surface area contributed by atoms with Crippen LogP contribution in [0.15, 0.2) is 11.6 Å². The van der Waals surface area contributed by atoms with Gasteiger partial charge in [0.25, 0.3) is 0 Å². The molecule has 144 valence electrons. The van der Waals surface area contributed by atoms with Crippen LogP contribution in [0.3, 0.4) is 0 Å². The summed E-state index contributed by atoms with van der Waals surface area (Å²) < 4.78 is 41.2. The number of fused-ring (bicyclic) bond motifs is 5. The van der Waals surface area contributed by atoms with Gasteiger partial charge in [0.2, 0.25) is 0 Å². The van der Waals surface area contributed by atoms with Crippen molar-refractivity contribution in [3.8, 4) is 6.07 Å². The minimum atomic E-state index is -4.56. The summed E-state index contributed by atoms with van der Waals surface area (Å²) in [4.78, 5) is 0. The fraction of sp³-hybridized carbons (Fsp3) is 0.857. The van der Waals surface area contributed by atoms with Crippen molar-refractivity contribution in [1.82, 2.24) is 0 Å². The van der Waals surface area contributed by atoms with Gasteiger partial charge in [-0.2, -0.15) is 18.4 Å². The molecule has 5 heteroatoms. The number of alkyl halides is 3. The van der Waals surface area contributed by atoms with Crippen LogP contribution in [0.5, 0.6) is 0 Å². The Balaban J connectivity index is 1.68. The number of halogens is 3. The largest absolute Gasteiger partial charge is 0.417 e. The third-order valence-corrected chi connectivity index (χ3v) is 9.05. The lowest BCUT2D eigenvalue weighted by Crippen LogP contribution is -2.60. The molecule has 0 bridgehead atoms. The molecule has 0 amide bonds. The molecule has 0 aromatic heterocycles. The molecule has 0 heterocycles. The number of hydrogen-bond donors (Lipinski definition) is 1. The number of allylic oxidation sites excluding steroid dienone is 2. The van der Waals surface area contributed by atoms with Gasteiger partial charge in [0.15, 0.2) is 5.60 Å². The van der Waals surface area contributed by atoms with E-state index in [4.69, 9.17) is 0 Å². The fourth-order valence-electron chi connectivity index (χ4n) is 7.53. The van der Waals surface area contributed by atoms with Crippen LogP contribution < -0.4 is 0 Å². The maximum atomic E-state index is 13.7. The zero-order valence-corrected chi connectivity index (χ0v) is 15.6. The van der Waals surface area contributed by atoms with Crippen LogP contribution in [0.1, 0.15) is 65.2 Å². The number of rotatable bonds is 0. The maximum absolute atomic E-state index is 13.7. The molecule has 0 unspecified atom stereocenters. The van der Waals surface area contributed by atoms with E-state index in [1.54, 1.807) is 6.92 Å². The quantitative estimate of drug-likeness (QED) is 0.624. The van der Waals surface area contributed by atoms with E-state index in [0.717, 1.165) is 37.7 Å². The van der Waals surface area contributed by atoms with Crippen LogP contribution in [0.2, 0.25) is 0 Å². The van der Waals surface area contributed by atoms with Crippen molar-refractivity contribution in [2.24, 2.45) is 34.5 Å². The summed E-state index contributed by atoms with van der Waals surface area (Å²) in [6.45, 7) is 3.96. The number of aliphatic hydroxyl groups is 1. The van der Waals surface area contributed by atoms with Crippen LogP contribution in [0, 0.1) is 45.8 Å². The van der Waals surface area contributed by atoms with Gasteiger partial charge >= 0.3 is 6.18 Å². The highest BCUT2D eigenvalue weighted by atomic mass is 19.4. The summed E-state index contributed by atoms with van der Waals surface area (Å²) >= 11 is 0. The minimum absolute atomic E-state index is 0.0169. The lowest BCUT2D eigenvalue weighted by Gasteiger charge is -2.60. The molecule has 26 heavy (non-hydrogen) atoms. The average Bonchev–Trinajstić information content (AvgIpc) is 2.86. The zero-order chi connectivity index (χ0) is 19.0. The van der Waals surface area contributed by atoms with E-state index in [2.05, 4.69) is 19.1 Å². The molecule has 4 rings (SSSR count). The SMILES string of the molecule is C[C@]12CC(C#N)=CC[C@@H]1CC[C@@H]1[C@@H]2CC[C@@]2(C)[C@H]1CC[C@@]2(O)C(F)(F)F. The van der Waals surface area contributed by atoms with Crippen LogP contribution in [-0.2, 0) is 0 Å². The van der Waals surface area contributed by atoms with Crippen LogP contribution >= 0.6 is 0 Å². The topological polar surface area (TPSA) is 44.0 Å². The summed E-state index contributed by atoms with van der Waals surface area (Å²) in [5, 5.41) is 20.0. The Morgan fingerprint density at radius 2 is 1.81 bits per heavy atom. The Morgan fingerprint density at radius 3 is 2.46 bits per heavy atom. The van der Waals surface area contributed by atoms with Gasteiger partial charge in [0.05, 0.1) is 6.07 Å². The molecule has 0 spiro atoms. The highest BCUT2D eigenvalue weighted by Crippen LogP contribution is 2.70. The Hall–Kier alpha value is -1.02. The lowest BCUT2D eigenvalue weighted by molar-refractivity contribution is -0.304. The number of nitrogens with zero attached hydrogens (tertiary/aromatic N) is 1. The molecule has 4 aliphatic carbocycles. The summed E-state index contributed by atoms with van der Waals surface area (Å²) in [6, 6.07) is 2.32. The predicted octanol–water partition coefficient (Wildman–Crippen LogP) is 5.38. The van der Waals surface area contributed by atoms with Gasteiger partial charge in [-0.3, -0.25) is 0 Å². The summed E-state index contributed by atoms with van der Waals surface area (Å²) in [5.41, 5.74) is -2.75. The van der Waals surface area contributed by atoms with E-state index in [1.807, 2.05) is 0 Å². The average molecular weight is 367 g/mol. The van der Waals surface area contributed by atoms with E-state index in [-0.39, 0.29) is 23.7 Å². The molecule has 4 aliphatic rings. The van der Waals surface area contributed by atoms with E-state index in [1.165, 1.54) is 0 Å². The van der Waals surface area contributed by atoms with Gasteiger partial charge < -0.3 is 5.11 Å². The summed E-state index contributed by atoms with van der Waals surface area (Å²) in [7, 11) is 0. The van der Waals surface area contributed by atoms with Gasteiger partial charge in [-0.25, -0.2) is 0 Å². The van der Waals surface area contributed by atoms with Gasteiger partial charge in [-0.15, -0.1) is 0 Å². The normalized spacial score (nSPS) is 50.9. The molecule has 0 aromatic carbocycles. The maximum Gasteiger partial charge on any atom is 0.417 e. The second kappa shape index (κ2) is 5.50. The first kappa shape index (κ1) is 18.3. The summed E-state index contributed by atoms with van der Waals surface area (Å²) in [5.74, 6) is 1.08. The molecule has 2 nitrogen and oxygen atoms in total. The lowest BCUT2D eigenvalue weighted by atomic mass is 9.44. The van der Waals surface area contributed by atoms with Crippen LogP contribution in [0.25, 0.3) is 0 Å². The Morgan fingerprint density at radius 1 is 1.12 bits per heavy atom. The molecule has 3 fully saturated rings. The highest BCUT2D eigenvalue weighted by Gasteiger charge is 2.72. The first-order valence-electron chi connectivity index (χ1n) is 9.95. The van der Waals surface area contributed by atoms with Gasteiger partial charge in [0, 0.05) is 11.0 Å². The molecule has 0 radical (unpaired) electrons. The first-order chi connectivity index (χ1) is 12.1. The molecule has 3 saturated carbocycles. The van der Waals surface area contributed by atoms with Crippen molar-refractivity contribution in [1.29, 1.82) is 5.26 Å². The monoisotopic (exact) mass is 367 g/mol. The zero-order valence-electron chi connectivity index (χ0n) is 15.6. The molecular weight excluding hydrogens is 339 g/mol. The third kappa shape index (κ3) is 2.14. The van der Waals surface area contributed by atoms with E-state index < -0.39 is 17.2 Å². The minimum Gasteiger partial charge on any atom is -0.380 e. The smallest absolute Gasteiger partial charge is 0.380 e. The van der Waals surface area contributed by atoms with E-state index in [0.29, 0.717) is 24.7 Å². The Kier molecular flexibility index (Phi) is 3.88. The first-order valence-corrected chi connectivity index (χ1v) is 9.95. The number of nitriles is 1. The molecular formula is C21H28F3NO. The van der Waals surface area contributed by atoms with Gasteiger partial charge in [-0.1, -0.05) is 19.9 Å². The predicted molar refractivity (Wildman–Crippen MR) is 91.8 cm³/mol.